The van der Waals surface area contributed by atoms with Gasteiger partial charge in [-0.3, -0.25) is 33.9 Å². The maximum absolute atomic E-state index is 14.6. The van der Waals surface area contributed by atoms with E-state index in [4.69, 9.17) is 37.9 Å². The van der Waals surface area contributed by atoms with Crippen molar-refractivity contribution in [2.45, 2.75) is 88.2 Å². The van der Waals surface area contributed by atoms with E-state index in [0.717, 1.165) is 39.2 Å². The zero-order valence-corrected chi connectivity index (χ0v) is 45.1. The third-order valence-corrected chi connectivity index (χ3v) is 17.1. The highest BCUT2D eigenvalue weighted by Crippen LogP contribution is 2.45. The first-order valence-corrected chi connectivity index (χ1v) is 32.7. The van der Waals surface area contributed by atoms with Crippen molar-refractivity contribution in [3.05, 3.63) is 77.3 Å². The van der Waals surface area contributed by atoms with Crippen LogP contribution < -0.4 is 38.2 Å². The molecule has 5 aliphatic heterocycles. The molecule has 0 fully saturated rings. The second-order valence-corrected chi connectivity index (χ2v) is 33.3. The summed E-state index contributed by atoms with van der Waals surface area (Å²) in [6, 6.07) is 10.6. The van der Waals surface area contributed by atoms with Crippen LogP contribution in [0.1, 0.15) is 45.5 Å². The summed E-state index contributed by atoms with van der Waals surface area (Å²) in [4.78, 5) is 62.4. The Bertz CT molecular complexity index is 2890. The van der Waals surface area contributed by atoms with E-state index in [1.54, 1.807) is 24.4 Å². The van der Waals surface area contributed by atoms with E-state index in [2.05, 4.69) is 43.5 Å². The molecule has 0 spiro atoms. The van der Waals surface area contributed by atoms with E-state index in [1.807, 2.05) is 12.1 Å². The maximum Gasteiger partial charge on any atom is 0.534 e. The van der Waals surface area contributed by atoms with Crippen LogP contribution in [0, 0.1) is 0 Å². The van der Waals surface area contributed by atoms with E-state index in [9.17, 15) is 40.8 Å². The van der Waals surface area contributed by atoms with Gasteiger partial charge in [0.25, 0.3) is 23.6 Å². The van der Waals surface area contributed by atoms with E-state index < -0.39 is 73.8 Å². The molecule has 0 radical (unpaired) electrons. The Balaban J connectivity index is 1.01. The summed E-state index contributed by atoms with van der Waals surface area (Å²) in [5.41, 5.74) is -3.76. The molecule has 5 heterocycles. The van der Waals surface area contributed by atoms with Gasteiger partial charge < -0.3 is 47.0 Å². The molecule has 4 amide bonds. The van der Waals surface area contributed by atoms with Crippen molar-refractivity contribution in [3.63, 3.8) is 0 Å². The minimum Gasteiger partial charge on any atom is -0.493 e. The molecule has 0 aliphatic carbocycles. The summed E-state index contributed by atoms with van der Waals surface area (Å²) in [7, 11) is -6.44. The summed E-state index contributed by atoms with van der Waals surface area (Å²) < 4.78 is 115. The highest BCUT2D eigenvalue weighted by atomic mass is 32.2. The lowest BCUT2D eigenvalue weighted by Gasteiger charge is -2.27. The molecule has 2 atom stereocenters. The van der Waals surface area contributed by atoms with E-state index >= 15 is 0 Å². The molecule has 0 N–H and O–H groups in total. The van der Waals surface area contributed by atoms with Crippen LogP contribution in [0.3, 0.4) is 0 Å². The molecule has 3 aromatic rings. The number of carbonyl (C=O) groups is 4. The topological polar surface area (TPSA) is 198 Å². The van der Waals surface area contributed by atoms with Crippen molar-refractivity contribution in [1.82, 2.24) is 9.80 Å². The largest absolute Gasteiger partial charge is 0.534 e. The van der Waals surface area contributed by atoms with Gasteiger partial charge in [-0.1, -0.05) is 45.3 Å². The number of ether oxygens (including phenoxy) is 8. The number of amides is 4. The first-order chi connectivity index (χ1) is 34.9. The van der Waals surface area contributed by atoms with Crippen LogP contribution in [0.2, 0.25) is 51.4 Å². The molecule has 0 saturated heterocycles. The molecule has 25 heteroatoms. The van der Waals surface area contributed by atoms with Gasteiger partial charge in [0.15, 0.2) is 34.5 Å². The fourth-order valence-electron chi connectivity index (χ4n) is 8.61. The van der Waals surface area contributed by atoms with E-state index in [0.29, 0.717) is 18.1 Å². The van der Waals surface area contributed by atoms with Gasteiger partial charge in [0.1, 0.15) is 31.3 Å². The molecule has 5 aliphatic rings. The summed E-state index contributed by atoms with van der Waals surface area (Å²) >= 11 is 0. The predicted octanol–water partition coefficient (Wildman–Crippen LogP) is 7.78. The smallest absolute Gasteiger partial charge is 0.493 e. The second-order valence-electron chi connectivity index (χ2n) is 20.5. The Labute approximate surface area is 428 Å². The van der Waals surface area contributed by atoms with Crippen LogP contribution in [-0.4, -0.2) is 136 Å². The number of fused-ring (bicyclic) bond motifs is 5. The number of benzene rings is 3. The van der Waals surface area contributed by atoms with Crippen molar-refractivity contribution in [1.29, 1.82) is 0 Å². The maximum atomic E-state index is 14.6. The van der Waals surface area contributed by atoms with Crippen molar-refractivity contribution in [3.8, 4) is 34.5 Å². The Morgan fingerprint density at radius 1 is 0.649 bits per heavy atom. The zero-order valence-electron chi connectivity index (χ0n) is 42.3. The lowest BCUT2D eigenvalue weighted by molar-refractivity contribution is -0.123. The van der Waals surface area contributed by atoms with Crippen molar-refractivity contribution >= 4 is 66.8 Å². The van der Waals surface area contributed by atoms with E-state index in [1.165, 1.54) is 36.2 Å². The molecule has 8 rings (SSSR count). The Morgan fingerprint density at radius 3 is 1.65 bits per heavy atom. The van der Waals surface area contributed by atoms with Gasteiger partial charge in [-0.2, -0.15) is 21.6 Å². The normalized spacial score (nSPS) is 18.6. The molecule has 400 valence electrons. The third kappa shape index (κ3) is 11.5. The molecule has 3 aromatic carbocycles. The SMILES string of the molecule is COc1cc2c(cc1OCCCOc1cc3c(cc1OC)C(=O)N1C=C(c4ccc5c(c4)OCO5)C[C@H]1C(=O)N3COCC[Si](C)(C)C)N(COCC[Si](C)(C)C)C(=O)[C@@H]1CC(OS(=O)(=O)C(F)(F)F)=CN1C2=O. The van der Waals surface area contributed by atoms with Gasteiger partial charge in [0.2, 0.25) is 6.79 Å². The first kappa shape index (κ1) is 54.0. The van der Waals surface area contributed by atoms with Crippen LogP contribution in [0.25, 0.3) is 5.57 Å². The Kier molecular flexibility index (Phi) is 15.4. The minimum absolute atomic E-state index is 0.00553. The standard InChI is InChI=1S/C49H59F3N4O15SSi2/c1-63-40-21-33-35(55(27-65-14-16-73(3,4)5)47(59)37-18-31(25-53(37)45(33)57)30-10-11-39-42(19-30)70-29-69-39)23-43(40)67-12-9-13-68-44-24-36-34(22-41(44)64-2)46(58)54-26-32(71-72(61,62)49(50,51)52)20-38(54)48(60)56(36)28-66-15-17-74(6,7)8/h10-11,19,21-26,37-38H,9,12-18,20,27-29H2,1-8H3/t37-,38-/m0/s1. The first-order valence-electron chi connectivity index (χ1n) is 23.8. The molecule has 0 aromatic heterocycles. The quantitative estimate of drug-likeness (QED) is 0.0433. The van der Waals surface area contributed by atoms with Gasteiger partial charge in [-0.15, -0.1) is 0 Å². The molecule has 74 heavy (non-hydrogen) atoms. The number of nitrogens with zero attached hydrogens (tertiary/aromatic N) is 4. The Morgan fingerprint density at radius 2 is 1.15 bits per heavy atom. The summed E-state index contributed by atoms with van der Waals surface area (Å²) in [5, 5.41) is 0. The highest BCUT2D eigenvalue weighted by molar-refractivity contribution is 7.87. The number of halogens is 3. The van der Waals surface area contributed by atoms with Gasteiger partial charge in [0.05, 0.1) is 49.9 Å². The Hall–Kier alpha value is -6.29. The van der Waals surface area contributed by atoms with Crippen LogP contribution in [0.5, 0.6) is 34.5 Å². The minimum atomic E-state index is -6.10. The average Bonchev–Trinajstić information content (AvgIpc) is 4.09. The average molecular weight is 1090 g/mol. The number of carbonyl (C=O) groups excluding carboxylic acids is 4. The molecule has 0 saturated carbocycles. The molecule has 0 unspecified atom stereocenters. The van der Waals surface area contributed by atoms with Crippen LogP contribution >= 0.6 is 0 Å². The second kappa shape index (κ2) is 21.1. The van der Waals surface area contributed by atoms with Gasteiger partial charge in [0, 0.05) is 73.2 Å². The molecule has 19 nitrogen and oxygen atoms in total. The summed E-state index contributed by atoms with van der Waals surface area (Å²) in [6.07, 6.45) is 2.30. The van der Waals surface area contributed by atoms with Crippen molar-refractivity contribution in [2.75, 3.05) is 70.7 Å². The van der Waals surface area contributed by atoms with Crippen LogP contribution in [0.15, 0.2) is 60.6 Å². The van der Waals surface area contributed by atoms with E-state index in [-0.39, 0.29) is 104 Å². The lowest BCUT2D eigenvalue weighted by Crippen LogP contribution is -2.45. The molecule has 0 bridgehead atoms. The number of alkyl halides is 3. The predicted molar refractivity (Wildman–Crippen MR) is 268 cm³/mol. The number of hydrogen-bond acceptors (Lipinski definition) is 15. The number of methoxy groups -OCH3 is 2. The van der Waals surface area contributed by atoms with Gasteiger partial charge in [-0.25, -0.2) is 0 Å². The fraction of sp³-hybridized carbons (Fsp3) is 0.469. The van der Waals surface area contributed by atoms with Crippen molar-refractivity contribution < 1.29 is 82.8 Å². The fourth-order valence-corrected chi connectivity index (χ4v) is 10.6. The van der Waals surface area contributed by atoms with Crippen LogP contribution in [-0.2, 0) is 33.4 Å². The number of rotatable bonds is 21. The molecular formula is C49H59F3N4O15SSi2. The van der Waals surface area contributed by atoms with Crippen molar-refractivity contribution in [2.24, 2.45) is 0 Å². The third-order valence-electron chi connectivity index (χ3n) is 12.7. The number of anilines is 2. The number of hydrogen-bond donors (Lipinski definition) is 0. The van der Waals surface area contributed by atoms with Crippen LogP contribution in [0.4, 0.5) is 24.5 Å². The van der Waals surface area contributed by atoms with Gasteiger partial charge in [-0.05, 0) is 47.5 Å². The monoisotopic (exact) mass is 1090 g/mol. The zero-order chi connectivity index (χ0) is 53.5. The van der Waals surface area contributed by atoms with Gasteiger partial charge >= 0.3 is 15.6 Å². The summed E-state index contributed by atoms with van der Waals surface area (Å²) in [5.74, 6) is -1.29. The molecular weight excluding hydrogens is 1030 g/mol. The lowest BCUT2D eigenvalue weighted by atomic mass is 10.0. The summed E-state index contributed by atoms with van der Waals surface area (Å²) in [6.45, 7) is 13.4. The highest BCUT2D eigenvalue weighted by Gasteiger charge is 2.51.